The predicted molar refractivity (Wildman–Crippen MR) is 63.4 cm³/mol. The van der Waals surface area contributed by atoms with Gasteiger partial charge in [0.05, 0.1) is 7.11 Å². The molecular weight excluding hydrogens is 239 g/mol. The van der Waals surface area contributed by atoms with Crippen LogP contribution in [0.4, 0.5) is 4.39 Å². The van der Waals surface area contributed by atoms with E-state index in [0.29, 0.717) is 5.39 Å². The number of fused-ring (bicyclic) bond motifs is 1. The standard InChI is InChI=1S/C13H11FO4/c1-7(15)18-13-9-4-3-8(14)5-10(9)11(16)6-12(13)17-2/h3-6,16H,1-2H3. The first-order chi connectivity index (χ1) is 8.52. The van der Waals surface area contributed by atoms with Gasteiger partial charge in [-0.25, -0.2) is 4.39 Å². The molecule has 94 valence electrons. The Hall–Kier alpha value is -2.30. The molecule has 1 N–H and O–H groups in total. The molecule has 0 fully saturated rings. The Labute approximate surface area is 103 Å². The van der Waals surface area contributed by atoms with Crippen molar-refractivity contribution in [1.29, 1.82) is 0 Å². The van der Waals surface area contributed by atoms with Crippen LogP contribution in [-0.4, -0.2) is 18.2 Å². The lowest BCUT2D eigenvalue weighted by Crippen LogP contribution is -2.03. The fourth-order valence-electron chi connectivity index (χ4n) is 1.73. The van der Waals surface area contributed by atoms with Crippen LogP contribution >= 0.6 is 0 Å². The summed E-state index contributed by atoms with van der Waals surface area (Å²) in [5.74, 6) is -0.779. The Kier molecular flexibility index (Phi) is 3.06. The van der Waals surface area contributed by atoms with Gasteiger partial charge in [0, 0.05) is 23.8 Å². The molecule has 0 saturated heterocycles. The van der Waals surface area contributed by atoms with E-state index < -0.39 is 11.8 Å². The van der Waals surface area contributed by atoms with E-state index in [9.17, 15) is 14.3 Å². The minimum atomic E-state index is -0.524. The monoisotopic (exact) mass is 250 g/mol. The van der Waals surface area contributed by atoms with Crippen LogP contribution in [0.5, 0.6) is 17.2 Å². The lowest BCUT2D eigenvalue weighted by molar-refractivity contribution is -0.131. The average molecular weight is 250 g/mol. The molecule has 2 rings (SSSR count). The number of rotatable bonds is 2. The first kappa shape index (κ1) is 12.2. The van der Waals surface area contributed by atoms with Crippen molar-refractivity contribution in [1.82, 2.24) is 0 Å². The van der Waals surface area contributed by atoms with Crippen LogP contribution in [0.2, 0.25) is 0 Å². The molecule has 0 radical (unpaired) electrons. The van der Waals surface area contributed by atoms with E-state index in [1.165, 1.54) is 32.2 Å². The zero-order valence-electron chi connectivity index (χ0n) is 9.86. The number of esters is 1. The van der Waals surface area contributed by atoms with Crippen molar-refractivity contribution in [3.63, 3.8) is 0 Å². The highest BCUT2D eigenvalue weighted by Crippen LogP contribution is 2.41. The Morgan fingerprint density at radius 3 is 2.61 bits per heavy atom. The second-order valence-electron chi connectivity index (χ2n) is 3.71. The largest absolute Gasteiger partial charge is 0.507 e. The Balaban J connectivity index is 2.78. The van der Waals surface area contributed by atoms with Gasteiger partial charge in [-0.05, 0) is 18.2 Å². The molecule has 0 amide bonds. The fourth-order valence-corrected chi connectivity index (χ4v) is 1.73. The molecule has 0 aliphatic carbocycles. The molecule has 0 aliphatic heterocycles. The highest BCUT2D eigenvalue weighted by atomic mass is 19.1. The number of carbonyl (C=O) groups is 1. The summed E-state index contributed by atoms with van der Waals surface area (Å²) >= 11 is 0. The van der Waals surface area contributed by atoms with Crippen LogP contribution in [0.3, 0.4) is 0 Å². The summed E-state index contributed by atoms with van der Waals surface area (Å²) in [6.45, 7) is 1.25. The third kappa shape index (κ3) is 2.07. The van der Waals surface area contributed by atoms with Crippen LogP contribution in [0.1, 0.15) is 6.92 Å². The molecule has 2 aromatic rings. The van der Waals surface area contributed by atoms with Crippen molar-refractivity contribution in [2.75, 3.05) is 7.11 Å². The normalized spacial score (nSPS) is 10.4. The van der Waals surface area contributed by atoms with Crippen molar-refractivity contribution in [2.24, 2.45) is 0 Å². The van der Waals surface area contributed by atoms with Gasteiger partial charge >= 0.3 is 5.97 Å². The summed E-state index contributed by atoms with van der Waals surface area (Å²) in [4.78, 5) is 11.1. The second kappa shape index (κ2) is 4.52. The lowest BCUT2D eigenvalue weighted by Gasteiger charge is -2.12. The SMILES string of the molecule is COc1cc(O)c2cc(F)ccc2c1OC(C)=O. The Morgan fingerprint density at radius 1 is 1.28 bits per heavy atom. The molecule has 0 aromatic heterocycles. The Bertz CT molecular complexity index is 622. The summed E-state index contributed by atoms with van der Waals surface area (Å²) < 4.78 is 23.2. The van der Waals surface area contributed by atoms with Gasteiger partial charge < -0.3 is 14.6 Å². The van der Waals surface area contributed by atoms with Crippen molar-refractivity contribution >= 4 is 16.7 Å². The zero-order chi connectivity index (χ0) is 13.3. The van der Waals surface area contributed by atoms with Gasteiger partial charge in [0.25, 0.3) is 0 Å². The van der Waals surface area contributed by atoms with Crippen LogP contribution < -0.4 is 9.47 Å². The maximum absolute atomic E-state index is 13.1. The van der Waals surface area contributed by atoms with E-state index in [0.717, 1.165) is 6.07 Å². The smallest absolute Gasteiger partial charge is 0.308 e. The second-order valence-corrected chi connectivity index (χ2v) is 3.71. The molecular formula is C13H11FO4. The number of aromatic hydroxyl groups is 1. The van der Waals surface area contributed by atoms with Crippen LogP contribution in [-0.2, 0) is 4.79 Å². The molecule has 4 nitrogen and oxygen atoms in total. The lowest BCUT2D eigenvalue weighted by atomic mass is 10.1. The quantitative estimate of drug-likeness (QED) is 0.657. The van der Waals surface area contributed by atoms with Crippen molar-refractivity contribution in [3.05, 3.63) is 30.1 Å². The van der Waals surface area contributed by atoms with Crippen LogP contribution in [0.25, 0.3) is 10.8 Å². The van der Waals surface area contributed by atoms with Gasteiger partial charge in [-0.3, -0.25) is 4.79 Å². The van der Waals surface area contributed by atoms with E-state index in [2.05, 4.69) is 0 Å². The minimum absolute atomic E-state index is 0.141. The van der Waals surface area contributed by atoms with Crippen molar-refractivity contribution in [2.45, 2.75) is 6.92 Å². The highest BCUT2D eigenvalue weighted by Gasteiger charge is 2.16. The first-order valence-corrected chi connectivity index (χ1v) is 5.20. The van der Waals surface area contributed by atoms with Crippen LogP contribution in [0, 0.1) is 5.82 Å². The van der Waals surface area contributed by atoms with Crippen molar-refractivity contribution < 1.29 is 23.8 Å². The zero-order valence-corrected chi connectivity index (χ0v) is 9.86. The summed E-state index contributed by atoms with van der Waals surface area (Å²) in [5, 5.41) is 10.4. The average Bonchev–Trinajstić information content (AvgIpc) is 2.32. The molecule has 0 aliphatic rings. The number of hydrogen-bond acceptors (Lipinski definition) is 4. The molecule has 0 unspecified atom stereocenters. The van der Waals surface area contributed by atoms with Gasteiger partial charge in [0.1, 0.15) is 11.6 Å². The molecule has 0 heterocycles. The van der Waals surface area contributed by atoms with E-state index in [1.807, 2.05) is 0 Å². The number of ether oxygens (including phenoxy) is 2. The van der Waals surface area contributed by atoms with E-state index in [4.69, 9.17) is 9.47 Å². The number of carbonyl (C=O) groups excluding carboxylic acids is 1. The number of phenolic OH excluding ortho intramolecular Hbond substituents is 1. The maximum atomic E-state index is 13.1. The highest BCUT2D eigenvalue weighted by molar-refractivity contribution is 5.96. The number of benzene rings is 2. The van der Waals surface area contributed by atoms with Gasteiger partial charge in [0.15, 0.2) is 11.5 Å². The minimum Gasteiger partial charge on any atom is -0.507 e. The summed E-state index contributed by atoms with van der Waals surface area (Å²) in [6.07, 6.45) is 0. The van der Waals surface area contributed by atoms with Crippen molar-refractivity contribution in [3.8, 4) is 17.2 Å². The third-order valence-electron chi connectivity index (χ3n) is 2.46. The Morgan fingerprint density at radius 2 is 2.00 bits per heavy atom. The molecule has 18 heavy (non-hydrogen) atoms. The summed E-state index contributed by atoms with van der Waals surface area (Å²) in [5.41, 5.74) is 0. The molecule has 2 aromatic carbocycles. The molecule has 0 spiro atoms. The molecule has 0 atom stereocenters. The third-order valence-corrected chi connectivity index (χ3v) is 2.46. The molecule has 0 saturated carbocycles. The summed E-state index contributed by atoms with van der Waals surface area (Å²) in [7, 11) is 1.39. The van der Waals surface area contributed by atoms with Gasteiger partial charge in [0.2, 0.25) is 0 Å². The number of halogens is 1. The fraction of sp³-hybridized carbons (Fsp3) is 0.154. The topological polar surface area (TPSA) is 55.8 Å². The molecule has 0 bridgehead atoms. The number of hydrogen-bond donors (Lipinski definition) is 1. The van der Waals surface area contributed by atoms with Gasteiger partial charge in [-0.1, -0.05) is 0 Å². The predicted octanol–water partition coefficient (Wildman–Crippen LogP) is 2.62. The van der Waals surface area contributed by atoms with Crippen LogP contribution in [0.15, 0.2) is 24.3 Å². The first-order valence-electron chi connectivity index (χ1n) is 5.20. The van der Waals surface area contributed by atoms with Gasteiger partial charge in [-0.2, -0.15) is 0 Å². The van der Waals surface area contributed by atoms with Gasteiger partial charge in [-0.15, -0.1) is 0 Å². The van der Waals surface area contributed by atoms with E-state index in [1.54, 1.807) is 0 Å². The number of methoxy groups -OCH3 is 1. The van der Waals surface area contributed by atoms with E-state index >= 15 is 0 Å². The maximum Gasteiger partial charge on any atom is 0.308 e. The molecule has 5 heteroatoms. The summed E-state index contributed by atoms with van der Waals surface area (Å²) in [6, 6.07) is 5.08. The number of phenols is 1. The van der Waals surface area contributed by atoms with E-state index in [-0.39, 0.29) is 22.6 Å².